The lowest BCUT2D eigenvalue weighted by molar-refractivity contribution is 0.377. The van der Waals surface area contributed by atoms with Gasteiger partial charge in [-0.25, -0.2) is 13.1 Å². The third-order valence-corrected chi connectivity index (χ3v) is 3.38. The highest BCUT2D eigenvalue weighted by Crippen LogP contribution is 1.92. The van der Waals surface area contributed by atoms with Crippen molar-refractivity contribution in [1.29, 1.82) is 0 Å². The summed E-state index contributed by atoms with van der Waals surface area (Å²) >= 11 is 0. The van der Waals surface area contributed by atoms with Crippen molar-refractivity contribution in [3.63, 3.8) is 0 Å². The highest BCUT2D eigenvalue weighted by Gasteiger charge is 2.10. The Morgan fingerprint density at radius 1 is 1.41 bits per heavy atom. The van der Waals surface area contributed by atoms with Gasteiger partial charge < -0.3 is 9.84 Å². The van der Waals surface area contributed by atoms with E-state index in [9.17, 15) is 8.42 Å². The normalized spacial score (nSPS) is 12.2. The molecule has 0 saturated heterocycles. The molecular formula is C9H18N4O3S. The summed E-state index contributed by atoms with van der Waals surface area (Å²) in [4.78, 5) is 3.80. The summed E-state index contributed by atoms with van der Waals surface area (Å²) in [5.74, 6) is 0.489. The summed E-state index contributed by atoms with van der Waals surface area (Å²) in [6.45, 7) is 4.64. The molecule has 17 heavy (non-hydrogen) atoms. The molecule has 98 valence electrons. The monoisotopic (exact) mass is 262 g/mol. The fourth-order valence-electron chi connectivity index (χ4n) is 1.17. The van der Waals surface area contributed by atoms with E-state index in [1.54, 1.807) is 0 Å². The minimum absolute atomic E-state index is 0.0645. The van der Waals surface area contributed by atoms with E-state index >= 15 is 0 Å². The zero-order valence-corrected chi connectivity index (χ0v) is 10.8. The molecule has 0 fully saturated rings. The SMILES string of the molecule is CC(C)NCCS(=O)(=O)NCCc1ncno1. The van der Waals surface area contributed by atoms with Gasteiger partial charge in [0.05, 0.1) is 5.75 Å². The molecular weight excluding hydrogens is 244 g/mol. The van der Waals surface area contributed by atoms with Gasteiger partial charge in [-0.3, -0.25) is 0 Å². The van der Waals surface area contributed by atoms with Gasteiger partial charge >= 0.3 is 0 Å². The predicted octanol–water partition coefficient (Wildman–Crippen LogP) is -0.470. The quantitative estimate of drug-likeness (QED) is 0.657. The first kappa shape index (κ1) is 14.1. The fourth-order valence-corrected chi connectivity index (χ4v) is 2.12. The molecule has 1 aromatic rings. The molecule has 0 aliphatic carbocycles. The second-order valence-corrected chi connectivity index (χ2v) is 5.83. The Morgan fingerprint density at radius 3 is 2.76 bits per heavy atom. The Balaban J connectivity index is 2.20. The smallest absolute Gasteiger partial charge is 0.227 e. The van der Waals surface area contributed by atoms with E-state index in [1.165, 1.54) is 6.33 Å². The molecule has 0 aliphatic heterocycles. The van der Waals surface area contributed by atoms with Gasteiger partial charge in [-0.1, -0.05) is 19.0 Å². The number of nitrogens with one attached hydrogen (secondary N) is 2. The first-order chi connectivity index (χ1) is 7.99. The Bertz CT molecular complexity index is 402. The standard InChI is InChI=1S/C9H18N4O3S/c1-8(2)10-5-6-17(14,15)13-4-3-9-11-7-12-16-9/h7-8,10,13H,3-6H2,1-2H3. The van der Waals surface area contributed by atoms with Gasteiger partial charge in [-0.2, -0.15) is 4.98 Å². The summed E-state index contributed by atoms with van der Waals surface area (Å²) < 4.78 is 30.3. The van der Waals surface area contributed by atoms with E-state index in [2.05, 4.69) is 20.2 Å². The van der Waals surface area contributed by atoms with Gasteiger partial charge in [0.1, 0.15) is 0 Å². The number of rotatable bonds is 8. The summed E-state index contributed by atoms with van der Waals surface area (Å²) in [7, 11) is -3.23. The Morgan fingerprint density at radius 2 is 2.18 bits per heavy atom. The van der Waals surface area contributed by atoms with Gasteiger partial charge in [-0.05, 0) is 0 Å². The van der Waals surface area contributed by atoms with Crippen molar-refractivity contribution in [2.24, 2.45) is 0 Å². The Hall–Kier alpha value is -0.990. The number of sulfonamides is 1. The maximum atomic E-state index is 11.5. The minimum atomic E-state index is -3.23. The molecule has 1 rings (SSSR count). The lowest BCUT2D eigenvalue weighted by Gasteiger charge is -2.08. The van der Waals surface area contributed by atoms with E-state index in [4.69, 9.17) is 4.52 Å². The average Bonchev–Trinajstić information content (AvgIpc) is 2.69. The van der Waals surface area contributed by atoms with Crippen molar-refractivity contribution in [1.82, 2.24) is 20.2 Å². The summed E-state index contributed by atoms with van der Waals surface area (Å²) in [5.41, 5.74) is 0. The summed E-state index contributed by atoms with van der Waals surface area (Å²) in [6.07, 6.45) is 1.69. The van der Waals surface area contributed by atoms with Crippen LogP contribution in [0.3, 0.4) is 0 Å². The van der Waals surface area contributed by atoms with Gasteiger partial charge in [0.15, 0.2) is 6.33 Å². The van der Waals surface area contributed by atoms with Crippen LogP contribution < -0.4 is 10.0 Å². The summed E-state index contributed by atoms with van der Waals surface area (Å²) in [6, 6.07) is 0.281. The molecule has 1 heterocycles. The van der Waals surface area contributed by atoms with Crippen molar-refractivity contribution < 1.29 is 12.9 Å². The van der Waals surface area contributed by atoms with Crippen LogP contribution in [0.1, 0.15) is 19.7 Å². The van der Waals surface area contributed by atoms with Crippen LogP contribution in [0, 0.1) is 0 Å². The molecule has 0 amide bonds. The number of aromatic nitrogens is 2. The van der Waals surface area contributed by atoms with Gasteiger partial charge in [0.25, 0.3) is 0 Å². The van der Waals surface area contributed by atoms with E-state index in [0.29, 0.717) is 18.9 Å². The molecule has 1 aromatic heterocycles. The highest BCUT2D eigenvalue weighted by atomic mass is 32.2. The van der Waals surface area contributed by atoms with Crippen LogP contribution in [-0.2, 0) is 16.4 Å². The van der Waals surface area contributed by atoms with E-state index in [-0.39, 0.29) is 18.3 Å². The van der Waals surface area contributed by atoms with Crippen LogP contribution in [0.4, 0.5) is 0 Å². The molecule has 0 aliphatic rings. The maximum absolute atomic E-state index is 11.5. The molecule has 8 heteroatoms. The molecule has 0 unspecified atom stereocenters. The largest absolute Gasteiger partial charge is 0.340 e. The molecule has 0 atom stereocenters. The molecule has 0 bridgehead atoms. The maximum Gasteiger partial charge on any atom is 0.227 e. The van der Waals surface area contributed by atoms with E-state index < -0.39 is 10.0 Å². The third-order valence-electron chi connectivity index (χ3n) is 1.99. The minimum Gasteiger partial charge on any atom is -0.340 e. The second kappa shape index (κ2) is 6.67. The van der Waals surface area contributed by atoms with Crippen LogP contribution in [0.25, 0.3) is 0 Å². The molecule has 0 spiro atoms. The van der Waals surface area contributed by atoms with Crippen molar-refractivity contribution in [3.05, 3.63) is 12.2 Å². The van der Waals surface area contributed by atoms with E-state index in [1.807, 2.05) is 13.8 Å². The summed E-state index contributed by atoms with van der Waals surface area (Å²) in [5, 5.41) is 6.48. The molecule has 2 N–H and O–H groups in total. The predicted molar refractivity (Wildman–Crippen MR) is 62.9 cm³/mol. The average molecular weight is 262 g/mol. The second-order valence-electron chi connectivity index (χ2n) is 3.91. The number of hydrogen-bond donors (Lipinski definition) is 2. The van der Waals surface area contributed by atoms with Crippen molar-refractivity contribution in [2.45, 2.75) is 26.3 Å². The van der Waals surface area contributed by atoms with Crippen LogP contribution in [0.2, 0.25) is 0 Å². The first-order valence-electron chi connectivity index (χ1n) is 5.46. The number of hydrogen-bond acceptors (Lipinski definition) is 6. The molecule has 0 radical (unpaired) electrons. The van der Waals surface area contributed by atoms with E-state index in [0.717, 1.165) is 0 Å². The lowest BCUT2D eigenvalue weighted by atomic mass is 10.4. The zero-order valence-electron chi connectivity index (χ0n) is 10.0. The van der Waals surface area contributed by atoms with Crippen LogP contribution >= 0.6 is 0 Å². The van der Waals surface area contributed by atoms with Crippen LogP contribution in [0.15, 0.2) is 10.9 Å². The van der Waals surface area contributed by atoms with Crippen LogP contribution in [-0.4, -0.2) is 43.4 Å². The number of nitrogens with zero attached hydrogens (tertiary/aromatic N) is 2. The third kappa shape index (κ3) is 6.35. The highest BCUT2D eigenvalue weighted by molar-refractivity contribution is 7.89. The van der Waals surface area contributed by atoms with Crippen molar-refractivity contribution >= 4 is 10.0 Å². The Labute approximate surface area is 101 Å². The Kier molecular flexibility index (Phi) is 5.52. The molecule has 0 saturated carbocycles. The van der Waals surface area contributed by atoms with Crippen molar-refractivity contribution in [3.8, 4) is 0 Å². The lowest BCUT2D eigenvalue weighted by Crippen LogP contribution is -2.35. The van der Waals surface area contributed by atoms with Crippen LogP contribution in [0.5, 0.6) is 0 Å². The zero-order chi connectivity index (χ0) is 12.7. The molecule has 0 aromatic carbocycles. The van der Waals surface area contributed by atoms with Gasteiger partial charge in [0, 0.05) is 25.6 Å². The van der Waals surface area contributed by atoms with Gasteiger partial charge in [-0.15, -0.1) is 0 Å². The van der Waals surface area contributed by atoms with Crippen molar-refractivity contribution in [2.75, 3.05) is 18.8 Å². The molecule has 7 nitrogen and oxygen atoms in total. The topological polar surface area (TPSA) is 97.1 Å². The fraction of sp³-hybridized carbons (Fsp3) is 0.778. The van der Waals surface area contributed by atoms with Gasteiger partial charge in [0.2, 0.25) is 15.9 Å². The first-order valence-corrected chi connectivity index (χ1v) is 7.11.